The van der Waals surface area contributed by atoms with Crippen molar-refractivity contribution in [1.29, 1.82) is 0 Å². The molecule has 2 rings (SSSR count). The number of rotatable bonds is 4. The molecular weight excluding hydrogens is 284 g/mol. The second-order valence-electron chi connectivity index (χ2n) is 4.69. The van der Waals surface area contributed by atoms with E-state index in [4.69, 9.17) is 4.98 Å². The van der Waals surface area contributed by atoms with Crippen LogP contribution in [-0.2, 0) is 11.9 Å². The molecule has 90 valence electrons. The quantitative estimate of drug-likeness (QED) is 0.787. The van der Waals surface area contributed by atoms with Crippen molar-refractivity contribution in [2.45, 2.75) is 44.5 Å². The monoisotopic (exact) mass is 302 g/mol. The third-order valence-corrected chi connectivity index (χ3v) is 4.99. The van der Waals surface area contributed by atoms with Gasteiger partial charge >= 0.3 is 0 Å². The Morgan fingerprint density at radius 1 is 1.38 bits per heavy atom. The van der Waals surface area contributed by atoms with E-state index >= 15 is 0 Å². The molecule has 2 nitrogen and oxygen atoms in total. The normalized spacial score (nSPS) is 17.5. The summed E-state index contributed by atoms with van der Waals surface area (Å²) in [6, 6.07) is 0. The molecule has 0 unspecified atom stereocenters. The molecule has 1 aliphatic rings. The Balaban J connectivity index is 2.09. The van der Waals surface area contributed by atoms with Gasteiger partial charge in [-0.15, -0.1) is 11.3 Å². The van der Waals surface area contributed by atoms with Gasteiger partial charge in [-0.1, -0.05) is 29.8 Å². The highest BCUT2D eigenvalue weighted by atomic mass is 79.9. The van der Waals surface area contributed by atoms with Gasteiger partial charge in [0.15, 0.2) is 0 Å². The zero-order valence-electron chi connectivity index (χ0n) is 10.0. The number of alkyl halides is 1. The summed E-state index contributed by atoms with van der Waals surface area (Å²) in [5, 5.41) is 2.23. The van der Waals surface area contributed by atoms with Gasteiger partial charge in [0.05, 0.1) is 12.2 Å². The lowest BCUT2D eigenvalue weighted by Crippen LogP contribution is -2.18. The molecule has 0 spiro atoms. The highest BCUT2D eigenvalue weighted by Gasteiger charge is 2.17. The number of thiazole rings is 1. The lowest BCUT2D eigenvalue weighted by Gasteiger charge is -2.11. The second kappa shape index (κ2) is 5.61. The van der Waals surface area contributed by atoms with E-state index in [0.717, 1.165) is 11.9 Å². The van der Waals surface area contributed by atoms with E-state index in [0.29, 0.717) is 5.92 Å². The molecule has 1 aliphatic heterocycles. The molecule has 0 aromatic carbocycles. The summed E-state index contributed by atoms with van der Waals surface area (Å²) in [6.45, 7) is 8.00. The average Bonchev–Trinajstić information content (AvgIpc) is 2.87. The van der Waals surface area contributed by atoms with E-state index in [1.807, 2.05) is 11.3 Å². The number of nitrogens with zero attached hydrogens (tertiary/aromatic N) is 2. The molecular formula is C12H19BrN2S. The molecule has 16 heavy (non-hydrogen) atoms. The zero-order chi connectivity index (χ0) is 11.5. The SMILES string of the molecule is CC(C)c1nc(CN2CCCC2)sc1CBr. The van der Waals surface area contributed by atoms with E-state index in [-0.39, 0.29) is 0 Å². The predicted octanol–water partition coefficient (Wildman–Crippen LogP) is 3.76. The first-order valence-electron chi connectivity index (χ1n) is 5.97. The number of hydrogen-bond acceptors (Lipinski definition) is 3. The summed E-state index contributed by atoms with van der Waals surface area (Å²) in [5.41, 5.74) is 1.29. The van der Waals surface area contributed by atoms with Gasteiger partial charge in [0.1, 0.15) is 5.01 Å². The Morgan fingerprint density at radius 3 is 2.56 bits per heavy atom. The topological polar surface area (TPSA) is 16.1 Å². The van der Waals surface area contributed by atoms with Crippen LogP contribution in [0.2, 0.25) is 0 Å². The molecule has 1 aromatic heterocycles. The first-order valence-corrected chi connectivity index (χ1v) is 7.91. The molecule has 2 heterocycles. The lowest BCUT2D eigenvalue weighted by molar-refractivity contribution is 0.330. The number of aromatic nitrogens is 1. The fourth-order valence-corrected chi connectivity index (χ4v) is 3.91. The minimum atomic E-state index is 0.538. The maximum absolute atomic E-state index is 4.79. The molecule has 1 saturated heterocycles. The minimum Gasteiger partial charge on any atom is -0.297 e. The first kappa shape index (κ1) is 12.5. The fourth-order valence-electron chi connectivity index (χ4n) is 2.16. The molecule has 0 amide bonds. The second-order valence-corrected chi connectivity index (χ2v) is 6.42. The van der Waals surface area contributed by atoms with Crippen LogP contribution in [0.4, 0.5) is 0 Å². The van der Waals surface area contributed by atoms with E-state index in [9.17, 15) is 0 Å². The van der Waals surface area contributed by atoms with Crippen LogP contribution < -0.4 is 0 Å². The Morgan fingerprint density at radius 2 is 2.06 bits per heavy atom. The van der Waals surface area contributed by atoms with E-state index in [2.05, 4.69) is 34.7 Å². The van der Waals surface area contributed by atoms with Crippen molar-refractivity contribution in [3.8, 4) is 0 Å². The molecule has 0 atom stereocenters. The molecule has 0 saturated carbocycles. The van der Waals surface area contributed by atoms with Crippen molar-refractivity contribution >= 4 is 27.3 Å². The number of hydrogen-bond donors (Lipinski definition) is 0. The maximum Gasteiger partial charge on any atom is 0.107 e. The number of halogens is 1. The van der Waals surface area contributed by atoms with Gasteiger partial charge in [-0.2, -0.15) is 0 Å². The van der Waals surface area contributed by atoms with E-state index < -0.39 is 0 Å². The molecule has 0 N–H and O–H groups in total. The third-order valence-electron chi connectivity index (χ3n) is 3.00. The molecule has 4 heteroatoms. The highest BCUT2D eigenvalue weighted by Crippen LogP contribution is 2.28. The standard InChI is InChI=1S/C12H19BrN2S/c1-9(2)12-10(7-13)16-11(14-12)8-15-5-3-4-6-15/h9H,3-8H2,1-2H3. The minimum absolute atomic E-state index is 0.538. The predicted molar refractivity (Wildman–Crippen MR) is 73.3 cm³/mol. The van der Waals surface area contributed by atoms with Crippen LogP contribution >= 0.6 is 27.3 Å². The summed E-state index contributed by atoms with van der Waals surface area (Å²) >= 11 is 5.43. The van der Waals surface area contributed by atoms with Crippen molar-refractivity contribution in [3.63, 3.8) is 0 Å². The smallest absolute Gasteiger partial charge is 0.107 e. The van der Waals surface area contributed by atoms with Crippen LogP contribution in [0.25, 0.3) is 0 Å². The maximum atomic E-state index is 4.79. The van der Waals surface area contributed by atoms with Crippen LogP contribution in [0.15, 0.2) is 0 Å². The average molecular weight is 303 g/mol. The molecule has 1 aromatic rings. The summed E-state index contributed by atoms with van der Waals surface area (Å²) in [4.78, 5) is 8.71. The van der Waals surface area contributed by atoms with Gasteiger partial charge in [0, 0.05) is 10.2 Å². The van der Waals surface area contributed by atoms with E-state index in [1.54, 1.807) is 0 Å². The van der Waals surface area contributed by atoms with Crippen LogP contribution in [0, 0.1) is 0 Å². The fraction of sp³-hybridized carbons (Fsp3) is 0.750. The Bertz CT molecular complexity index is 343. The molecule has 0 aliphatic carbocycles. The van der Waals surface area contributed by atoms with E-state index in [1.165, 1.54) is 41.5 Å². The third kappa shape index (κ3) is 2.84. The Hall–Kier alpha value is 0.0700. The van der Waals surface area contributed by atoms with Gasteiger partial charge in [0.2, 0.25) is 0 Å². The van der Waals surface area contributed by atoms with Gasteiger partial charge in [0.25, 0.3) is 0 Å². The largest absolute Gasteiger partial charge is 0.297 e. The van der Waals surface area contributed by atoms with Gasteiger partial charge in [-0.3, -0.25) is 4.90 Å². The van der Waals surface area contributed by atoms with Crippen molar-refractivity contribution in [2.75, 3.05) is 13.1 Å². The number of likely N-dealkylation sites (tertiary alicyclic amines) is 1. The summed E-state index contributed by atoms with van der Waals surface area (Å²) in [5.74, 6) is 0.538. The van der Waals surface area contributed by atoms with Crippen LogP contribution in [0.5, 0.6) is 0 Å². The van der Waals surface area contributed by atoms with Crippen molar-refractivity contribution in [3.05, 3.63) is 15.6 Å². The Kier molecular flexibility index (Phi) is 4.39. The Labute approximate surface area is 110 Å². The van der Waals surface area contributed by atoms with Crippen molar-refractivity contribution in [1.82, 2.24) is 9.88 Å². The highest BCUT2D eigenvalue weighted by molar-refractivity contribution is 9.08. The first-order chi connectivity index (χ1) is 7.70. The summed E-state index contributed by atoms with van der Waals surface area (Å²) in [7, 11) is 0. The van der Waals surface area contributed by atoms with Gasteiger partial charge in [-0.25, -0.2) is 4.98 Å². The summed E-state index contributed by atoms with van der Waals surface area (Å²) in [6.07, 6.45) is 2.71. The molecule has 1 fully saturated rings. The van der Waals surface area contributed by atoms with Gasteiger partial charge in [-0.05, 0) is 31.8 Å². The molecule has 0 radical (unpaired) electrons. The van der Waals surface area contributed by atoms with Crippen molar-refractivity contribution in [2.24, 2.45) is 0 Å². The lowest BCUT2D eigenvalue weighted by atomic mass is 10.1. The zero-order valence-corrected chi connectivity index (χ0v) is 12.4. The summed E-state index contributed by atoms with van der Waals surface area (Å²) < 4.78 is 0. The molecule has 0 bridgehead atoms. The van der Waals surface area contributed by atoms with Crippen LogP contribution in [-0.4, -0.2) is 23.0 Å². The van der Waals surface area contributed by atoms with Crippen molar-refractivity contribution < 1.29 is 0 Å². The van der Waals surface area contributed by atoms with Gasteiger partial charge < -0.3 is 0 Å². The van der Waals surface area contributed by atoms with Crippen LogP contribution in [0.3, 0.4) is 0 Å². The van der Waals surface area contributed by atoms with Crippen LogP contribution in [0.1, 0.15) is 48.2 Å².